The van der Waals surface area contributed by atoms with E-state index in [0.717, 1.165) is 21.1 Å². The highest BCUT2D eigenvalue weighted by Crippen LogP contribution is 2.23. The number of halogens is 1. The summed E-state index contributed by atoms with van der Waals surface area (Å²) in [6.45, 7) is 0. The highest BCUT2D eigenvalue weighted by Gasteiger charge is 2.35. The third-order valence-electron chi connectivity index (χ3n) is 4.57. The van der Waals surface area contributed by atoms with Crippen LogP contribution in [0.1, 0.15) is 18.4 Å². The Morgan fingerprint density at radius 1 is 1.14 bits per heavy atom. The molecule has 2 aromatic rings. The summed E-state index contributed by atoms with van der Waals surface area (Å²) >= 11 is 5.91. The molecule has 148 valence electrons. The fraction of sp³-hybridized carbons (Fsp3) is 0.300. The van der Waals surface area contributed by atoms with Crippen LogP contribution in [0.25, 0.3) is 11.1 Å². The van der Waals surface area contributed by atoms with Crippen LogP contribution >= 0.6 is 11.6 Å². The summed E-state index contributed by atoms with van der Waals surface area (Å²) in [4.78, 5) is 11.9. The van der Waals surface area contributed by atoms with E-state index in [1.165, 1.54) is 13.3 Å². The largest absolute Gasteiger partial charge is 0.467 e. The van der Waals surface area contributed by atoms with E-state index in [1.54, 1.807) is 0 Å². The Morgan fingerprint density at radius 2 is 1.75 bits per heavy atom. The van der Waals surface area contributed by atoms with E-state index in [-0.39, 0.29) is 5.75 Å². The van der Waals surface area contributed by atoms with Crippen LogP contribution in [0.5, 0.6) is 0 Å². The molecule has 1 atom stereocenters. The first kappa shape index (κ1) is 20.4. The van der Waals surface area contributed by atoms with Gasteiger partial charge in [-0.1, -0.05) is 48.0 Å². The Bertz CT molecular complexity index is 957. The number of esters is 1. The maximum Gasteiger partial charge on any atom is 0.331 e. The number of carbonyl (C=O) groups excluding carboxylic acids is 1. The van der Waals surface area contributed by atoms with Crippen LogP contribution in [0.3, 0.4) is 0 Å². The number of aryl methyl sites for hydroxylation is 1. The van der Waals surface area contributed by atoms with Gasteiger partial charge in [0.25, 0.3) is 10.0 Å². The molecule has 0 radical (unpaired) electrons. The van der Waals surface area contributed by atoms with Gasteiger partial charge in [0.2, 0.25) is 0 Å². The second kappa shape index (κ2) is 8.75. The van der Waals surface area contributed by atoms with Crippen LogP contribution in [-0.2, 0) is 26.0 Å². The van der Waals surface area contributed by atoms with Crippen LogP contribution in [0, 0.1) is 0 Å². The predicted molar refractivity (Wildman–Crippen MR) is 110 cm³/mol. The lowest BCUT2D eigenvalue weighted by atomic mass is 10.0. The van der Waals surface area contributed by atoms with Gasteiger partial charge >= 0.3 is 5.97 Å². The molecule has 0 N–H and O–H groups in total. The van der Waals surface area contributed by atoms with Crippen molar-refractivity contribution >= 4 is 33.8 Å². The molecule has 8 heteroatoms. The fourth-order valence-corrected chi connectivity index (χ4v) is 4.61. The van der Waals surface area contributed by atoms with Crippen molar-refractivity contribution in [2.45, 2.75) is 25.3 Å². The maximum atomic E-state index is 12.7. The number of hydrogen-bond donors (Lipinski definition) is 0. The van der Waals surface area contributed by atoms with Crippen LogP contribution in [-0.4, -0.2) is 43.9 Å². The van der Waals surface area contributed by atoms with Gasteiger partial charge in [-0.25, -0.2) is 13.2 Å². The van der Waals surface area contributed by atoms with E-state index in [0.29, 0.717) is 24.3 Å². The van der Waals surface area contributed by atoms with Crippen LogP contribution < -0.4 is 0 Å². The lowest BCUT2D eigenvalue weighted by Crippen LogP contribution is -2.45. The zero-order valence-corrected chi connectivity index (χ0v) is 17.0. The van der Waals surface area contributed by atoms with Crippen LogP contribution in [0.2, 0.25) is 5.02 Å². The summed E-state index contributed by atoms with van der Waals surface area (Å²) in [6.07, 6.45) is 2.74. The molecule has 0 aromatic heterocycles. The summed E-state index contributed by atoms with van der Waals surface area (Å²) < 4.78 is 31.0. The Balaban J connectivity index is 1.68. The molecule has 1 aliphatic rings. The highest BCUT2D eigenvalue weighted by molar-refractivity contribution is 7.89. The number of ether oxygens (including phenoxy) is 1. The Labute approximate surface area is 169 Å². The van der Waals surface area contributed by atoms with Crippen molar-refractivity contribution in [3.05, 3.63) is 59.1 Å². The lowest BCUT2D eigenvalue weighted by Gasteiger charge is -2.28. The Hall–Kier alpha value is -2.38. The lowest BCUT2D eigenvalue weighted by molar-refractivity contribution is -0.145. The number of sulfonamides is 1. The monoisotopic (exact) mass is 420 g/mol. The molecular weight excluding hydrogens is 400 g/mol. The molecular formula is C20H21ClN2O4S. The minimum Gasteiger partial charge on any atom is -0.467 e. The van der Waals surface area contributed by atoms with E-state index >= 15 is 0 Å². The summed E-state index contributed by atoms with van der Waals surface area (Å²) in [7, 11) is -2.49. The van der Waals surface area contributed by atoms with E-state index in [4.69, 9.17) is 16.3 Å². The molecule has 1 heterocycles. The first-order valence-electron chi connectivity index (χ1n) is 8.88. The van der Waals surface area contributed by atoms with Crippen molar-refractivity contribution in [2.24, 2.45) is 5.10 Å². The Morgan fingerprint density at radius 3 is 2.36 bits per heavy atom. The van der Waals surface area contributed by atoms with Gasteiger partial charge in [-0.05, 0) is 48.1 Å². The van der Waals surface area contributed by atoms with Gasteiger partial charge in [-0.2, -0.15) is 9.52 Å². The zero-order valence-electron chi connectivity index (χ0n) is 15.4. The van der Waals surface area contributed by atoms with E-state index in [9.17, 15) is 13.2 Å². The van der Waals surface area contributed by atoms with Gasteiger partial charge in [0.1, 0.15) is 0 Å². The number of rotatable bonds is 6. The van der Waals surface area contributed by atoms with Gasteiger partial charge in [0.05, 0.1) is 12.9 Å². The maximum absolute atomic E-state index is 12.7. The highest BCUT2D eigenvalue weighted by atomic mass is 35.5. The molecule has 0 amide bonds. The molecule has 0 fully saturated rings. The van der Waals surface area contributed by atoms with E-state index < -0.39 is 22.0 Å². The summed E-state index contributed by atoms with van der Waals surface area (Å²) in [5.41, 5.74) is 2.94. The van der Waals surface area contributed by atoms with Crippen LogP contribution in [0.15, 0.2) is 53.6 Å². The Kier molecular flexibility index (Phi) is 6.36. The van der Waals surface area contributed by atoms with Crippen molar-refractivity contribution in [2.75, 3.05) is 12.9 Å². The smallest absolute Gasteiger partial charge is 0.331 e. The number of carbonyl (C=O) groups is 1. The first-order valence-corrected chi connectivity index (χ1v) is 10.9. The number of hydrazone groups is 1. The van der Waals surface area contributed by atoms with Crippen molar-refractivity contribution in [3.8, 4) is 11.1 Å². The number of benzene rings is 2. The molecule has 2 aromatic carbocycles. The van der Waals surface area contributed by atoms with Gasteiger partial charge in [0.15, 0.2) is 6.04 Å². The van der Waals surface area contributed by atoms with Crippen molar-refractivity contribution in [1.82, 2.24) is 4.41 Å². The van der Waals surface area contributed by atoms with E-state index in [1.807, 2.05) is 48.5 Å². The van der Waals surface area contributed by atoms with Gasteiger partial charge in [0, 0.05) is 11.2 Å². The fourth-order valence-electron chi connectivity index (χ4n) is 3.02. The molecule has 0 aliphatic carbocycles. The molecule has 1 aliphatic heterocycles. The molecule has 0 bridgehead atoms. The minimum atomic E-state index is -3.73. The number of nitrogens with zero attached hydrogens (tertiary/aromatic N) is 2. The summed E-state index contributed by atoms with van der Waals surface area (Å²) in [6, 6.07) is 14.3. The SMILES string of the molecule is COC(=O)C1CCC=NN1S(=O)(=O)CCc1ccc(-c2ccc(Cl)cc2)cc1. The van der Waals surface area contributed by atoms with Gasteiger partial charge in [-0.15, -0.1) is 0 Å². The average Bonchev–Trinajstić information content (AvgIpc) is 2.73. The molecule has 3 rings (SSSR count). The van der Waals surface area contributed by atoms with Crippen molar-refractivity contribution in [1.29, 1.82) is 0 Å². The standard InChI is InChI=1S/C20H21ClN2O4S/c1-27-20(24)19-3-2-13-22-23(19)28(25,26)14-12-15-4-6-16(7-5-15)17-8-10-18(21)11-9-17/h4-11,13,19H,2-3,12,14H2,1H3. The summed E-state index contributed by atoms with van der Waals surface area (Å²) in [5.74, 6) is -0.731. The third-order valence-corrected chi connectivity index (χ3v) is 6.46. The number of methoxy groups -OCH3 is 1. The average molecular weight is 421 g/mol. The predicted octanol–water partition coefficient (Wildman–Crippen LogP) is 3.50. The molecule has 6 nitrogen and oxygen atoms in total. The molecule has 28 heavy (non-hydrogen) atoms. The molecule has 0 saturated heterocycles. The quantitative estimate of drug-likeness (QED) is 0.670. The first-order chi connectivity index (χ1) is 13.4. The normalized spacial score (nSPS) is 16.8. The molecule has 0 saturated carbocycles. The second-order valence-corrected chi connectivity index (χ2v) is 8.84. The topological polar surface area (TPSA) is 76.0 Å². The third kappa shape index (κ3) is 4.72. The van der Waals surface area contributed by atoms with Crippen molar-refractivity contribution < 1.29 is 17.9 Å². The zero-order chi connectivity index (χ0) is 20.1. The molecule has 1 unspecified atom stereocenters. The molecule has 0 spiro atoms. The van der Waals surface area contributed by atoms with E-state index in [2.05, 4.69) is 5.10 Å². The number of hydrogen-bond acceptors (Lipinski definition) is 5. The second-order valence-electron chi connectivity index (χ2n) is 6.46. The van der Waals surface area contributed by atoms with Crippen molar-refractivity contribution in [3.63, 3.8) is 0 Å². The summed E-state index contributed by atoms with van der Waals surface area (Å²) in [5, 5.41) is 4.61. The van der Waals surface area contributed by atoms with Gasteiger partial charge < -0.3 is 4.74 Å². The van der Waals surface area contributed by atoms with Gasteiger partial charge in [-0.3, -0.25) is 0 Å². The minimum absolute atomic E-state index is 0.141. The van der Waals surface area contributed by atoms with Crippen LogP contribution in [0.4, 0.5) is 0 Å².